The largest absolute Gasteiger partial charge is 1.00 e. The first-order valence-electron chi connectivity index (χ1n) is 43.8. The average Bonchev–Trinajstić information content (AvgIpc) is 0.836. The molecule has 7 aliphatic heterocycles. The number of hydrogen-bond acceptors (Lipinski definition) is 28. The molecule has 0 spiro atoms. The monoisotopic (exact) mass is 2010 g/mol. The van der Waals surface area contributed by atoms with Gasteiger partial charge in [-0.15, -0.1) is 13.2 Å². The van der Waals surface area contributed by atoms with Gasteiger partial charge in [-0.1, -0.05) is 82.7 Å². The number of nitrogens with zero attached hydrogens (tertiary/aromatic N) is 2. The molecule has 7 aliphatic rings. The van der Waals surface area contributed by atoms with Gasteiger partial charge in [-0.2, -0.15) is 13.7 Å². The number of aryl methyl sites for hydroxylation is 2. The van der Waals surface area contributed by atoms with Crippen molar-refractivity contribution in [3.63, 3.8) is 0 Å². The molecule has 15 unspecified atom stereocenters. The van der Waals surface area contributed by atoms with E-state index in [4.69, 9.17) is 106 Å². The van der Waals surface area contributed by atoms with Gasteiger partial charge in [-0.25, -0.2) is 22.8 Å². The maximum Gasteiger partial charge on any atom is 1.00 e. The summed E-state index contributed by atoms with van der Waals surface area (Å²) >= 11 is 3.08. The number of carbonyl (C=O) groups excluding carboxylic acids is 4. The zero-order chi connectivity index (χ0) is 98.2. The molecule has 738 valence electrons. The molecule has 7 heterocycles. The second-order valence-corrected chi connectivity index (χ2v) is 35.6. The Hall–Kier alpha value is -3.94. The number of carboxylic acid groups (broad SMARTS) is 2. The van der Waals surface area contributed by atoms with Crippen LogP contribution in [0.1, 0.15) is 213 Å². The first kappa shape index (κ1) is 140. The summed E-state index contributed by atoms with van der Waals surface area (Å²) in [5.74, 6) is -1.50. The summed E-state index contributed by atoms with van der Waals surface area (Å²) in [6, 6.07) is 15.2. The van der Waals surface area contributed by atoms with Gasteiger partial charge in [0.15, 0.2) is 0 Å². The van der Waals surface area contributed by atoms with Gasteiger partial charge in [-0.05, 0) is 236 Å². The molecule has 0 amide bonds. The normalized spacial score (nSPS) is 22.3. The number of ether oxygens (including phenoxy) is 12. The fourth-order valence-corrected chi connectivity index (χ4v) is 13.2. The predicted molar refractivity (Wildman–Crippen MR) is 493 cm³/mol. The van der Waals surface area contributed by atoms with Gasteiger partial charge < -0.3 is 96.0 Å². The van der Waals surface area contributed by atoms with Crippen LogP contribution in [0.3, 0.4) is 0 Å². The van der Waals surface area contributed by atoms with Crippen LogP contribution in [0.25, 0.3) is 0 Å². The third kappa shape index (κ3) is 77.7. The Bertz CT molecular complexity index is 3670. The van der Waals surface area contributed by atoms with Crippen LogP contribution in [0.5, 0.6) is 0 Å². The van der Waals surface area contributed by atoms with Crippen molar-refractivity contribution in [3.05, 3.63) is 127 Å². The molecule has 131 heavy (non-hydrogen) atoms. The van der Waals surface area contributed by atoms with E-state index in [-0.39, 0.29) is 204 Å². The van der Waals surface area contributed by atoms with E-state index in [0.29, 0.717) is 131 Å². The summed E-state index contributed by atoms with van der Waals surface area (Å²) < 4.78 is 128. The van der Waals surface area contributed by atoms with E-state index in [9.17, 15) is 50.0 Å². The minimum absolute atomic E-state index is 0. The third-order valence-corrected chi connectivity index (χ3v) is 22.5. The first-order valence-corrected chi connectivity index (χ1v) is 47.9. The Balaban J connectivity index is -0.000000182. The molecule has 30 nitrogen and oxygen atoms in total. The van der Waals surface area contributed by atoms with Gasteiger partial charge in [0, 0.05) is 46.4 Å². The number of nitriles is 1. The van der Waals surface area contributed by atoms with E-state index in [1.807, 2.05) is 68.4 Å². The number of benzene rings is 2. The molecule has 5 N–H and O–H groups in total. The van der Waals surface area contributed by atoms with Crippen molar-refractivity contribution < 1.29 is 228 Å². The minimum Gasteiger partial charge on any atom is -1.00 e. The quantitative estimate of drug-likeness (QED) is 0.00799. The molecular weight excluding hydrogens is 1860 g/mol. The van der Waals surface area contributed by atoms with E-state index < -0.39 is 44.2 Å². The Morgan fingerprint density at radius 1 is 0.603 bits per heavy atom. The van der Waals surface area contributed by atoms with Gasteiger partial charge in [-0.3, -0.25) is 23.0 Å². The van der Waals surface area contributed by atoms with E-state index in [1.165, 1.54) is 12.1 Å². The molecule has 6 fully saturated rings. The number of alkyl halides is 2. The van der Waals surface area contributed by atoms with Crippen LogP contribution in [-0.4, -0.2) is 238 Å². The number of halogens is 3. The Morgan fingerprint density at radius 2 is 0.992 bits per heavy atom. The SMILES string of the molecule is C=C(CBr)C(=O)OCC.C=CCC(C)O.C=CCC(C)OCC(=C)C(=O)OCC.CC1CCC(C(=O)O)CO1.CC1CCC(CC#N)CO1.CC1CCC(CC(=O)O)CO1.CC1CCC(CO)CO1.CCOC(=O)C1=CCC(C)OC1.CCOC(=O)C1CCC(C)OC1.Cc1ccc(S(=O)(=O)Cl)cc1.Cc1ccc(S(=O)(=O)OCC2CCC(C)OC2)cc1.[2H]CF.[C-]#N.[H-].[Na+].[Na+].[Na+].[OH-]. The molecule has 15 atom stereocenters. The smallest absolute Gasteiger partial charge is 1.00 e. The average molecular weight is 2010 g/mol. The van der Waals surface area contributed by atoms with E-state index in [0.717, 1.165) is 114 Å². The summed E-state index contributed by atoms with van der Waals surface area (Å²) in [5, 5.41) is 49.3. The molecule has 9 rings (SSSR count). The van der Waals surface area contributed by atoms with Gasteiger partial charge >= 0.3 is 124 Å². The molecule has 0 aromatic heterocycles. The fraction of sp³-hybridized carbons (Fsp3) is 0.677. The Labute approximate surface area is 864 Å². The summed E-state index contributed by atoms with van der Waals surface area (Å²) in [5.41, 5.74) is 3.48. The zero-order valence-electron chi connectivity index (χ0n) is 83.1. The van der Waals surface area contributed by atoms with Crippen molar-refractivity contribution >= 4 is 81.6 Å². The Kier molecular flexibility index (Phi) is 94.9. The molecule has 38 heteroatoms. The van der Waals surface area contributed by atoms with Crippen molar-refractivity contribution in [2.45, 2.75) is 278 Å². The molecular formula is C93H152BrClFN2Na3O28S2. The molecule has 2 aromatic rings. The van der Waals surface area contributed by atoms with Gasteiger partial charge in [0.2, 0.25) is 0 Å². The van der Waals surface area contributed by atoms with Crippen molar-refractivity contribution in [2.75, 3.05) is 105 Å². The number of esters is 4. The predicted octanol–water partition coefficient (Wildman–Crippen LogP) is 7.92. The zero-order valence-corrected chi connectivity index (χ0v) is 91.1. The van der Waals surface area contributed by atoms with Crippen LogP contribution in [0.2, 0.25) is 0 Å². The maximum atomic E-state index is 12.0. The number of carbonyl (C=O) groups is 6. The molecule has 2 aromatic carbocycles. The van der Waals surface area contributed by atoms with Crippen LogP contribution in [-0.2, 0) is 109 Å². The Morgan fingerprint density at radius 3 is 1.32 bits per heavy atom. The standard InChI is InChI=1S/C14H20O4S.C11H18O3.C9H16O3.C9H14O3.C8H13NO.C8H14O3.C7H7ClO2S.C7H12O3.C7H14O2.C6H9BrO2.C5H10O.CH3F.CN.3Na.H2O.H/c1-11-3-7-14(8-4-11)19(15,16)18-10-13-6-5-12(2)17-9-13;1-5-7-10(4)14-8-9(3)11(12)13-6-2;2*1-3-11-9(10)8-5-4-7(2)12-6-8;1-7-2-3-8(4-5-9)6-10-7;1-6-2-3-7(5-11-6)4-8(9)10;1-6-2-4-7(5-3-6)11(8,9)10;1-5-2-3-6(4-10-5)7(8)9;1-6-2-3-7(4-8)5-9-6;1-3-9-6(8)5(2)4-7;1-3-4-5(2)6;2*1-2;;;;;/h3-4,7-8,12-13H,5-6,9-10H2,1-2H3;5,10H,1,3,6-8H2,2,4H3;7-8H,3-6H2,1-2H3;5,7H,3-4,6H2,1-2H3;7-8H,2-4,6H2,1H3;6-7H,2-5H2,1H3,(H,9,10);2-5H,1H3;5-6H,2-4H2,1H3,(H,8,9);6-8H,2-5H2,1H3;2-4H2,1H3;3,5-6H,1,4H2,2H3;1H3;;;;;1H2;/q;;;;;;;;;;;;-1;3*+1;;-1/p-1/i;;;;;;;;;;;1D;;;;;;. The van der Waals surface area contributed by atoms with Crippen LogP contribution in [0, 0.1) is 72.5 Å². The third-order valence-electron chi connectivity index (χ3n) is 19.1. The van der Waals surface area contributed by atoms with E-state index >= 15 is 0 Å². The van der Waals surface area contributed by atoms with E-state index in [1.54, 1.807) is 76.2 Å². The number of rotatable bonds is 26. The first-order chi connectivity index (χ1) is 60.5. The van der Waals surface area contributed by atoms with Crippen LogP contribution >= 0.6 is 26.6 Å². The number of aliphatic hydroxyl groups is 2. The van der Waals surface area contributed by atoms with Gasteiger partial charge in [0.25, 0.3) is 19.2 Å². The van der Waals surface area contributed by atoms with Crippen LogP contribution in [0.15, 0.2) is 120 Å². The van der Waals surface area contributed by atoms with E-state index in [2.05, 4.69) is 66.9 Å². The second-order valence-electron chi connectivity index (χ2n) is 30.8. The summed E-state index contributed by atoms with van der Waals surface area (Å²) in [4.78, 5) is 65.1. The van der Waals surface area contributed by atoms with Crippen molar-refractivity contribution in [1.29, 1.82) is 10.5 Å². The molecule has 6 saturated heterocycles. The molecule has 0 bridgehead atoms. The minimum atomic E-state index is -3.65. The summed E-state index contributed by atoms with van der Waals surface area (Å²) in [6.07, 6.45) is 22.5. The molecule has 0 aliphatic carbocycles. The molecule has 0 saturated carbocycles. The van der Waals surface area contributed by atoms with Crippen LogP contribution < -0.4 is 88.7 Å². The maximum absolute atomic E-state index is 12.0. The number of carboxylic acids is 2. The summed E-state index contributed by atoms with van der Waals surface area (Å²) in [6.45, 7) is 54.0. The number of aliphatic carboxylic acids is 2. The molecule has 0 radical (unpaired) electrons. The van der Waals surface area contributed by atoms with Crippen molar-refractivity contribution in [2.24, 2.45) is 35.5 Å². The number of hydrogen-bond donors (Lipinski definition) is 4. The number of aliphatic hydroxyl groups excluding tert-OH is 2. The fourth-order valence-electron chi connectivity index (χ4n) is 11.2. The van der Waals surface area contributed by atoms with Crippen LogP contribution in [0.4, 0.5) is 4.39 Å². The second kappa shape index (κ2) is 88.7. The van der Waals surface area contributed by atoms with Crippen molar-refractivity contribution in [3.8, 4) is 6.07 Å². The van der Waals surface area contributed by atoms with Gasteiger partial charge in [0.1, 0.15) is 0 Å². The van der Waals surface area contributed by atoms with Gasteiger partial charge in [0.05, 0.1) is 195 Å². The van der Waals surface area contributed by atoms with Crippen molar-refractivity contribution in [1.82, 2.24) is 0 Å². The summed E-state index contributed by atoms with van der Waals surface area (Å²) in [7, 11) is -3.11. The topological polar surface area (TPSA) is 449 Å².